The van der Waals surface area contributed by atoms with Crippen LogP contribution in [0.25, 0.3) is 0 Å². The second-order valence-corrected chi connectivity index (χ2v) is 6.78. The molecule has 0 fully saturated rings. The van der Waals surface area contributed by atoms with Crippen molar-refractivity contribution >= 4 is 23.4 Å². The number of nitrogens with one attached hydrogen (secondary N) is 2. The molecule has 1 rings (SSSR count). The highest BCUT2D eigenvalue weighted by molar-refractivity contribution is 5.98. The zero-order valence-electron chi connectivity index (χ0n) is 14.5. The summed E-state index contributed by atoms with van der Waals surface area (Å²) in [5.41, 5.74) is 5.28. The Morgan fingerprint density at radius 2 is 1.83 bits per heavy atom. The third-order valence-corrected chi connectivity index (χ3v) is 3.51. The van der Waals surface area contributed by atoms with Crippen molar-refractivity contribution in [2.75, 3.05) is 5.32 Å². The minimum absolute atomic E-state index is 0.226. The second kappa shape index (κ2) is 8.42. The number of aromatic nitrogens is 1. The van der Waals surface area contributed by atoms with E-state index < -0.39 is 29.2 Å². The molecule has 0 aliphatic rings. The molecule has 1 aromatic rings. The van der Waals surface area contributed by atoms with Gasteiger partial charge < -0.3 is 16.4 Å². The van der Waals surface area contributed by atoms with E-state index in [1.807, 2.05) is 20.8 Å². The number of amides is 3. The van der Waals surface area contributed by atoms with Gasteiger partial charge in [-0.1, -0.05) is 27.7 Å². The maximum atomic E-state index is 12.5. The molecule has 0 aliphatic carbocycles. The summed E-state index contributed by atoms with van der Waals surface area (Å²) >= 11 is 0. The number of primary amides is 1. The Kier molecular flexibility index (Phi) is 6.88. The van der Waals surface area contributed by atoms with Gasteiger partial charge in [0.05, 0.1) is 6.42 Å². The topological polar surface area (TPSA) is 114 Å². The fourth-order valence-corrected chi connectivity index (χ4v) is 1.93. The van der Waals surface area contributed by atoms with E-state index >= 15 is 0 Å². The predicted molar refractivity (Wildman–Crippen MR) is 91.5 cm³/mol. The minimum Gasteiger partial charge on any atom is -0.369 e. The van der Waals surface area contributed by atoms with Crippen LogP contribution in [0.1, 0.15) is 34.1 Å². The molecule has 7 nitrogen and oxygen atoms in total. The molecule has 1 radical (unpaired) electrons. The van der Waals surface area contributed by atoms with Crippen LogP contribution in [0.4, 0.5) is 5.69 Å². The summed E-state index contributed by atoms with van der Waals surface area (Å²) in [6.45, 7) is 7.21. The van der Waals surface area contributed by atoms with Gasteiger partial charge >= 0.3 is 0 Å². The minimum atomic E-state index is -0.738. The standard InChI is InChI=1S/C17H25N4O3/c1-11(15(18)23)5-6-13(22)21-14(17(2,3)4)16(24)20-12-7-9-19-10-8-12/h6-11,14H,5H2,1-4H3,(H2,18,23)(H,21,22)(H,19,20,24)/t11?,14-/m1/s1. The molecule has 0 spiro atoms. The summed E-state index contributed by atoms with van der Waals surface area (Å²) < 4.78 is 0. The normalized spacial score (nSPS) is 13.7. The molecule has 0 bridgehead atoms. The highest BCUT2D eigenvalue weighted by atomic mass is 16.2. The number of carbonyl (C=O) groups is 3. The lowest BCUT2D eigenvalue weighted by atomic mass is 9.86. The van der Waals surface area contributed by atoms with Gasteiger partial charge in [0.1, 0.15) is 6.04 Å². The van der Waals surface area contributed by atoms with E-state index in [1.54, 1.807) is 31.5 Å². The van der Waals surface area contributed by atoms with Gasteiger partial charge in [0.2, 0.25) is 17.7 Å². The summed E-state index contributed by atoms with van der Waals surface area (Å²) in [6.07, 6.45) is 4.70. The average Bonchev–Trinajstić information content (AvgIpc) is 2.49. The van der Waals surface area contributed by atoms with E-state index in [0.717, 1.165) is 0 Å². The van der Waals surface area contributed by atoms with Crippen LogP contribution in [0.5, 0.6) is 0 Å². The number of pyridine rings is 1. The first kappa shape index (κ1) is 19.6. The molecular weight excluding hydrogens is 308 g/mol. The third kappa shape index (κ3) is 6.36. The molecule has 131 valence electrons. The van der Waals surface area contributed by atoms with E-state index in [2.05, 4.69) is 15.6 Å². The van der Waals surface area contributed by atoms with Crippen molar-refractivity contribution in [1.29, 1.82) is 0 Å². The Balaban J connectivity index is 2.70. The first-order valence-electron chi connectivity index (χ1n) is 7.75. The van der Waals surface area contributed by atoms with Gasteiger partial charge in [-0.05, 0) is 24.0 Å². The largest absolute Gasteiger partial charge is 0.369 e. The summed E-state index contributed by atoms with van der Waals surface area (Å²) in [7, 11) is 0. The lowest BCUT2D eigenvalue weighted by molar-refractivity contribution is -0.127. The molecule has 0 saturated heterocycles. The first-order chi connectivity index (χ1) is 11.1. The second-order valence-electron chi connectivity index (χ2n) is 6.78. The molecule has 1 heterocycles. The van der Waals surface area contributed by atoms with Crippen LogP contribution in [0, 0.1) is 17.8 Å². The van der Waals surface area contributed by atoms with Gasteiger partial charge in [-0.2, -0.15) is 0 Å². The van der Waals surface area contributed by atoms with Crippen molar-refractivity contribution in [3.8, 4) is 0 Å². The maximum Gasteiger partial charge on any atom is 0.247 e. The number of nitrogens with zero attached hydrogens (tertiary/aromatic N) is 1. The number of rotatable bonds is 7. The maximum absolute atomic E-state index is 12.5. The Hall–Kier alpha value is -2.44. The van der Waals surface area contributed by atoms with Crippen LogP contribution in [0.2, 0.25) is 0 Å². The quantitative estimate of drug-likeness (QED) is 0.697. The van der Waals surface area contributed by atoms with E-state index in [0.29, 0.717) is 5.69 Å². The van der Waals surface area contributed by atoms with Gasteiger partial charge in [0.15, 0.2) is 0 Å². The van der Waals surface area contributed by atoms with Crippen LogP contribution in [0.3, 0.4) is 0 Å². The summed E-state index contributed by atoms with van der Waals surface area (Å²) in [5, 5.41) is 5.45. The van der Waals surface area contributed by atoms with E-state index in [4.69, 9.17) is 5.73 Å². The molecule has 0 aromatic carbocycles. The highest BCUT2D eigenvalue weighted by Gasteiger charge is 2.32. The molecule has 1 unspecified atom stereocenters. The van der Waals surface area contributed by atoms with Gasteiger partial charge in [0, 0.05) is 24.0 Å². The van der Waals surface area contributed by atoms with E-state index in [-0.39, 0.29) is 12.3 Å². The molecule has 4 N–H and O–H groups in total. The summed E-state index contributed by atoms with van der Waals surface area (Å²) in [5.74, 6) is -1.64. The monoisotopic (exact) mass is 333 g/mol. The Morgan fingerprint density at radius 1 is 1.25 bits per heavy atom. The highest BCUT2D eigenvalue weighted by Crippen LogP contribution is 2.21. The SMILES string of the molecule is CC(C[CH]C(=O)N[C@H](C(=O)Nc1ccncc1)C(C)(C)C)C(N)=O. The van der Waals surface area contributed by atoms with Crippen molar-refractivity contribution in [3.05, 3.63) is 30.9 Å². The molecule has 24 heavy (non-hydrogen) atoms. The summed E-state index contributed by atoms with van der Waals surface area (Å²) in [6, 6.07) is 2.60. The van der Waals surface area contributed by atoms with Crippen molar-refractivity contribution < 1.29 is 14.4 Å². The predicted octanol–water partition coefficient (Wildman–Crippen LogP) is 1.27. The van der Waals surface area contributed by atoms with Crippen LogP contribution in [-0.4, -0.2) is 28.7 Å². The Labute approximate surface area is 142 Å². The third-order valence-electron chi connectivity index (χ3n) is 3.51. The zero-order valence-corrected chi connectivity index (χ0v) is 14.5. The number of carbonyl (C=O) groups excluding carboxylic acids is 3. The Bertz CT molecular complexity index is 581. The van der Waals surface area contributed by atoms with Gasteiger partial charge in [-0.25, -0.2) is 0 Å². The van der Waals surface area contributed by atoms with Gasteiger partial charge in [0.25, 0.3) is 0 Å². The van der Waals surface area contributed by atoms with E-state index in [1.165, 1.54) is 6.42 Å². The van der Waals surface area contributed by atoms with Crippen LogP contribution < -0.4 is 16.4 Å². The van der Waals surface area contributed by atoms with Crippen LogP contribution in [-0.2, 0) is 14.4 Å². The smallest absolute Gasteiger partial charge is 0.247 e. The number of hydrogen-bond acceptors (Lipinski definition) is 4. The molecule has 7 heteroatoms. The van der Waals surface area contributed by atoms with Gasteiger partial charge in [-0.3, -0.25) is 19.4 Å². The average molecular weight is 333 g/mol. The number of hydrogen-bond donors (Lipinski definition) is 3. The lowest BCUT2D eigenvalue weighted by Gasteiger charge is -2.30. The van der Waals surface area contributed by atoms with Crippen LogP contribution in [0.15, 0.2) is 24.5 Å². The lowest BCUT2D eigenvalue weighted by Crippen LogP contribution is -2.51. The van der Waals surface area contributed by atoms with Crippen molar-refractivity contribution in [2.45, 2.75) is 40.2 Å². The van der Waals surface area contributed by atoms with E-state index in [9.17, 15) is 14.4 Å². The fourth-order valence-electron chi connectivity index (χ4n) is 1.93. The van der Waals surface area contributed by atoms with Crippen molar-refractivity contribution in [2.24, 2.45) is 17.1 Å². The zero-order chi connectivity index (χ0) is 18.3. The molecule has 2 atom stereocenters. The summed E-state index contributed by atoms with van der Waals surface area (Å²) in [4.78, 5) is 39.5. The Morgan fingerprint density at radius 3 is 2.33 bits per heavy atom. The van der Waals surface area contributed by atoms with Crippen molar-refractivity contribution in [1.82, 2.24) is 10.3 Å². The molecule has 3 amide bonds. The molecular formula is C17H25N4O3. The molecule has 0 saturated carbocycles. The fraction of sp³-hybridized carbons (Fsp3) is 0.471. The van der Waals surface area contributed by atoms with Crippen LogP contribution >= 0.6 is 0 Å². The number of nitrogens with two attached hydrogens (primary N) is 1. The molecule has 1 aromatic heterocycles. The first-order valence-corrected chi connectivity index (χ1v) is 7.75. The van der Waals surface area contributed by atoms with Crippen molar-refractivity contribution in [3.63, 3.8) is 0 Å². The van der Waals surface area contributed by atoms with Gasteiger partial charge in [-0.15, -0.1) is 0 Å². The molecule has 0 aliphatic heterocycles. The number of anilines is 1.